The molecule has 1 saturated heterocycles. The van der Waals surface area contributed by atoms with E-state index < -0.39 is 29.4 Å². The van der Waals surface area contributed by atoms with Gasteiger partial charge in [-0.15, -0.1) is 0 Å². The number of aromatic amines is 1. The number of benzene rings is 2. The lowest BCUT2D eigenvalue weighted by Gasteiger charge is -2.36. The van der Waals surface area contributed by atoms with Crippen LogP contribution in [0.3, 0.4) is 0 Å². The number of rotatable bonds is 5. The van der Waals surface area contributed by atoms with E-state index in [0.29, 0.717) is 28.7 Å². The highest BCUT2D eigenvalue weighted by molar-refractivity contribution is 6.42. The van der Waals surface area contributed by atoms with Crippen LogP contribution in [0.25, 0.3) is 10.9 Å². The quantitative estimate of drug-likeness (QED) is 0.498. The van der Waals surface area contributed by atoms with E-state index in [4.69, 9.17) is 27.9 Å². The van der Waals surface area contributed by atoms with Crippen LogP contribution < -0.4 is 10.1 Å². The molecule has 0 aliphatic carbocycles. The van der Waals surface area contributed by atoms with Crippen molar-refractivity contribution in [2.45, 2.75) is 38.4 Å². The second-order valence-electron chi connectivity index (χ2n) is 8.96. The minimum Gasteiger partial charge on any atom is -0.497 e. The first-order valence-corrected chi connectivity index (χ1v) is 12.0. The van der Waals surface area contributed by atoms with Gasteiger partial charge in [-0.25, -0.2) is 9.69 Å². The fourth-order valence-corrected chi connectivity index (χ4v) is 5.34. The highest BCUT2D eigenvalue weighted by Gasteiger charge is 2.60. The van der Waals surface area contributed by atoms with Crippen LogP contribution >= 0.6 is 23.2 Å². The van der Waals surface area contributed by atoms with Gasteiger partial charge in [-0.3, -0.25) is 9.59 Å². The summed E-state index contributed by atoms with van der Waals surface area (Å²) in [5.74, 6) is -0.156. The van der Waals surface area contributed by atoms with Gasteiger partial charge in [0.05, 0.1) is 22.8 Å². The third kappa shape index (κ3) is 3.54. The van der Waals surface area contributed by atoms with E-state index in [9.17, 15) is 14.4 Å². The van der Waals surface area contributed by atoms with E-state index >= 15 is 0 Å². The van der Waals surface area contributed by atoms with E-state index in [2.05, 4.69) is 10.3 Å². The van der Waals surface area contributed by atoms with E-state index in [1.807, 2.05) is 18.2 Å². The van der Waals surface area contributed by atoms with Gasteiger partial charge in [-0.2, -0.15) is 0 Å². The number of amides is 4. The van der Waals surface area contributed by atoms with Crippen LogP contribution in [0.15, 0.2) is 36.4 Å². The van der Waals surface area contributed by atoms with E-state index in [1.54, 1.807) is 44.1 Å². The Morgan fingerprint density at radius 2 is 1.97 bits per heavy atom. The van der Waals surface area contributed by atoms with Gasteiger partial charge in [-0.05, 0) is 61.7 Å². The number of methoxy groups -OCH3 is 1. The topological polar surface area (TPSA) is 94.7 Å². The summed E-state index contributed by atoms with van der Waals surface area (Å²) >= 11 is 12.0. The van der Waals surface area contributed by atoms with Crippen LogP contribution in [0, 0.1) is 0 Å². The molecule has 0 spiro atoms. The minimum absolute atomic E-state index is 0.186. The maximum absolute atomic E-state index is 13.7. The van der Waals surface area contributed by atoms with Gasteiger partial charge in [0.2, 0.25) is 5.91 Å². The number of carbonyl (C=O) groups is 3. The molecule has 3 heterocycles. The summed E-state index contributed by atoms with van der Waals surface area (Å²) in [4.78, 5) is 46.0. The number of carbonyl (C=O) groups excluding carboxylic acids is 3. The molecule has 8 nitrogen and oxygen atoms in total. The number of nitrogens with one attached hydrogen (secondary N) is 2. The van der Waals surface area contributed by atoms with Gasteiger partial charge in [0.25, 0.3) is 5.91 Å². The van der Waals surface area contributed by atoms with Gasteiger partial charge in [0.15, 0.2) is 5.54 Å². The first kappa shape index (κ1) is 23.5. The van der Waals surface area contributed by atoms with Gasteiger partial charge in [0.1, 0.15) is 11.8 Å². The van der Waals surface area contributed by atoms with Crippen molar-refractivity contribution in [3.63, 3.8) is 0 Å². The fraction of sp³-hybridized carbons (Fsp3) is 0.320. The molecule has 0 unspecified atom stereocenters. The molecule has 0 radical (unpaired) electrons. The normalized spacial score (nSPS) is 20.1. The molecular weight excluding hydrogens is 491 g/mol. The Bertz CT molecular complexity index is 1390. The van der Waals surface area contributed by atoms with Crippen molar-refractivity contribution in [1.29, 1.82) is 0 Å². The van der Waals surface area contributed by atoms with E-state index in [1.165, 1.54) is 0 Å². The zero-order valence-corrected chi connectivity index (χ0v) is 21.0. The molecule has 5 rings (SSSR count). The zero-order valence-electron chi connectivity index (χ0n) is 19.4. The average molecular weight is 515 g/mol. The lowest BCUT2D eigenvalue weighted by Crippen LogP contribution is -2.49. The van der Waals surface area contributed by atoms with Crippen molar-refractivity contribution in [2.75, 3.05) is 13.7 Å². The number of halogens is 2. The Morgan fingerprint density at radius 3 is 2.69 bits per heavy atom. The molecule has 2 aromatic carbocycles. The summed E-state index contributed by atoms with van der Waals surface area (Å²) in [6, 6.07) is 9.27. The minimum atomic E-state index is -1.23. The molecule has 2 aliphatic rings. The van der Waals surface area contributed by atoms with Gasteiger partial charge >= 0.3 is 6.03 Å². The summed E-state index contributed by atoms with van der Waals surface area (Å²) in [6.45, 7) is 3.84. The maximum Gasteiger partial charge on any atom is 0.328 e. The second-order valence-corrected chi connectivity index (χ2v) is 9.78. The van der Waals surface area contributed by atoms with Crippen LogP contribution in [0.5, 0.6) is 5.75 Å². The Balaban J connectivity index is 1.42. The number of fused-ring (bicyclic) bond motifs is 5. The molecule has 182 valence electrons. The molecule has 2 aliphatic heterocycles. The molecule has 2 N–H and O–H groups in total. The molecule has 10 heteroatoms. The number of H-pyrrole nitrogens is 1. The zero-order chi connectivity index (χ0) is 25.1. The fourth-order valence-electron chi connectivity index (χ4n) is 5.02. The molecule has 2 atom stereocenters. The third-order valence-electron chi connectivity index (χ3n) is 7.02. The van der Waals surface area contributed by atoms with Crippen molar-refractivity contribution in [3.05, 3.63) is 63.3 Å². The summed E-state index contributed by atoms with van der Waals surface area (Å²) in [6.07, 6.45) is 0.586. The van der Waals surface area contributed by atoms with Crippen LogP contribution in [0.1, 0.15) is 30.7 Å². The molecular formula is C25H24Cl2N4O4. The summed E-state index contributed by atoms with van der Waals surface area (Å²) in [5.41, 5.74) is 2.05. The number of hydrogen-bond acceptors (Lipinski definition) is 4. The van der Waals surface area contributed by atoms with Gasteiger partial charge < -0.3 is 19.9 Å². The maximum atomic E-state index is 13.7. The summed E-state index contributed by atoms with van der Waals surface area (Å²) < 4.78 is 5.36. The van der Waals surface area contributed by atoms with Gasteiger partial charge in [-0.1, -0.05) is 29.3 Å². The lowest BCUT2D eigenvalue weighted by atomic mass is 9.87. The summed E-state index contributed by atoms with van der Waals surface area (Å²) in [5, 5.41) is 4.55. The predicted molar refractivity (Wildman–Crippen MR) is 133 cm³/mol. The molecule has 0 saturated carbocycles. The van der Waals surface area contributed by atoms with E-state index in [-0.39, 0.29) is 6.54 Å². The Morgan fingerprint density at radius 1 is 1.20 bits per heavy atom. The predicted octanol–water partition coefficient (Wildman–Crippen LogP) is 4.22. The average Bonchev–Trinajstić information content (AvgIpc) is 3.32. The van der Waals surface area contributed by atoms with Gasteiger partial charge in [0, 0.05) is 24.0 Å². The van der Waals surface area contributed by atoms with Crippen molar-refractivity contribution in [3.8, 4) is 5.75 Å². The highest BCUT2D eigenvalue weighted by atomic mass is 35.5. The number of hydrogen-bond donors (Lipinski definition) is 2. The first-order chi connectivity index (χ1) is 16.7. The SMILES string of the molecule is COc1ccc2[nH]c3c(c2c1)CCN1C(=O)N([C@@H](C)C(=O)NCc2ccc(Cl)c(Cl)c2)C(=O)[C@]31C. The summed E-state index contributed by atoms with van der Waals surface area (Å²) in [7, 11) is 1.61. The Labute approximate surface area is 212 Å². The number of nitrogens with zero attached hydrogens (tertiary/aromatic N) is 2. The van der Waals surface area contributed by atoms with Crippen LogP contribution in [0.2, 0.25) is 10.0 Å². The molecule has 3 aromatic rings. The van der Waals surface area contributed by atoms with Crippen molar-refractivity contribution in [2.24, 2.45) is 0 Å². The van der Waals surface area contributed by atoms with E-state index in [0.717, 1.165) is 32.7 Å². The Hall–Kier alpha value is -3.23. The third-order valence-corrected chi connectivity index (χ3v) is 7.75. The van der Waals surface area contributed by atoms with Crippen LogP contribution in [0.4, 0.5) is 4.79 Å². The van der Waals surface area contributed by atoms with Crippen molar-refractivity contribution >= 4 is 52.0 Å². The highest BCUT2D eigenvalue weighted by Crippen LogP contribution is 2.45. The second kappa shape index (κ2) is 8.46. The monoisotopic (exact) mass is 514 g/mol. The van der Waals surface area contributed by atoms with Crippen LogP contribution in [-0.4, -0.2) is 52.3 Å². The Kier molecular flexibility index (Phi) is 5.68. The van der Waals surface area contributed by atoms with Crippen LogP contribution in [-0.2, 0) is 28.1 Å². The number of ether oxygens (including phenoxy) is 1. The largest absolute Gasteiger partial charge is 0.497 e. The number of urea groups is 1. The number of aromatic nitrogens is 1. The van der Waals surface area contributed by atoms with Crippen molar-refractivity contribution < 1.29 is 19.1 Å². The number of imide groups is 1. The van der Waals surface area contributed by atoms with Crippen molar-refractivity contribution in [1.82, 2.24) is 20.1 Å². The lowest BCUT2D eigenvalue weighted by molar-refractivity contribution is -0.139. The molecule has 1 fully saturated rings. The smallest absolute Gasteiger partial charge is 0.328 e. The molecule has 1 aromatic heterocycles. The standard InChI is InChI=1S/C25H24Cl2N4O4/c1-13(22(32)28-12-14-4-6-18(26)19(27)10-14)31-23(33)25(2)21-16(8-9-30(25)24(31)34)17-11-15(35-3)5-7-20(17)29-21/h4-7,10-11,13,29H,8-9,12H2,1-3H3,(H,28,32)/t13-,25-/m0/s1. The molecule has 4 amide bonds. The first-order valence-electron chi connectivity index (χ1n) is 11.2. The molecule has 0 bridgehead atoms. The molecule has 35 heavy (non-hydrogen) atoms.